The second-order valence-electron chi connectivity index (χ2n) is 7.29. The first-order valence-electron chi connectivity index (χ1n) is 10.6. The monoisotopic (exact) mass is 456 g/mol. The van der Waals surface area contributed by atoms with E-state index in [0.717, 1.165) is 13.0 Å². The van der Waals surface area contributed by atoms with Gasteiger partial charge in [0.15, 0.2) is 11.5 Å². The quantitative estimate of drug-likeness (QED) is 0.263. The van der Waals surface area contributed by atoms with Crippen LogP contribution in [0, 0.1) is 0 Å². The van der Waals surface area contributed by atoms with Gasteiger partial charge in [-0.25, -0.2) is 9.97 Å². The van der Waals surface area contributed by atoms with Crippen molar-refractivity contribution in [2.75, 3.05) is 44.5 Å². The van der Waals surface area contributed by atoms with Crippen LogP contribution in [0.25, 0.3) is 0 Å². The molecule has 2 aromatic rings. The van der Waals surface area contributed by atoms with Crippen LogP contribution in [0.15, 0.2) is 29.5 Å². The summed E-state index contributed by atoms with van der Waals surface area (Å²) in [7, 11) is 3.41. The van der Waals surface area contributed by atoms with Crippen molar-refractivity contribution in [3.8, 4) is 11.5 Å². The molecule has 1 aromatic heterocycles. The Morgan fingerprint density at radius 3 is 2.88 bits per heavy atom. The van der Waals surface area contributed by atoms with Crippen molar-refractivity contribution in [1.29, 1.82) is 0 Å². The van der Waals surface area contributed by atoms with Crippen molar-refractivity contribution < 1.29 is 24.2 Å². The number of ether oxygens (including phenoxy) is 2. The average Bonchev–Trinajstić information content (AvgIpc) is 3.13. The van der Waals surface area contributed by atoms with E-state index in [1.807, 2.05) is 7.05 Å². The number of carboxylic acid groups (broad SMARTS) is 1. The van der Waals surface area contributed by atoms with E-state index in [9.17, 15) is 9.59 Å². The number of rotatable bonds is 13. The van der Waals surface area contributed by atoms with Crippen molar-refractivity contribution in [3.63, 3.8) is 0 Å². The summed E-state index contributed by atoms with van der Waals surface area (Å²) in [4.78, 5) is 36.2. The third kappa shape index (κ3) is 6.39. The number of aliphatic carboxylic acids is 1. The number of anilines is 2. The van der Waals surface area contributed by atoms with E-state index in [2.05, 4.69) is 30.9 Å². The molecule has 0 aliphatic carbocycles. The first-order chi connectivity index (χ1) is 16.0. The van der Waals surface area contributed by atoms with Crippen LogP contribution in [0.4, 0.5) is 17.3 Å². The Balaban J connectivity index is 1.75. The Kier molecular flexibility index (Phi) is 8.53. The van der Waals surface area contributed by atoms with Gasteiger partial charge < -0.3 is 30.5 Å². The van der Waals surface area contributed by atoms with E-state index in [0.29, 0.717) is 47.4 Å². The Bertz CT molecular complexity index is 1010. The molecule has 11 heteroatoms. The number of aromatic nitrogens is 2. The predicted molar refractivity (Wildman–Crippen MR) is 124 cm³/mol. The van der Waals surface area contributed by atoms with E-state index >= 15 is 0 Å². The first kappa shape index (κ1) is 23.9. The van der Waals surface area contributed by atoms with Crippen molar-refractivity contribution in [2.45, 2.75) is 25.2 Å². The third-order valence-electron chi connectivity index (χ3n) is 4.93. The van der Waals surface area contributed by atoms with Gasteiger partial charge >= 0.3 is 5.97 Å². The van der Waals surface area contributed by atoms with Crippen molar-refractivity contribution in [2.24, 2.45) is 4.99 Å². The number of aliphatic imine (C=N–C) groups is 1. The number of hydrogen-bond acceptors (Lipinski definition) is 9. The molecule has 1 aromatic carbocycles. The molecule has 33 heavy (non-hydrogen) atoms. The summed E-state index contributed by atoms with van der Waals surface area (Å²) in [6.07, 6.45) is 4.26. The minimum atomic E-state index is -0.876. The Morgan fingerprint density at radius 1 is 1.27 bits per heavy atom. The molecule has 0 fully saturated rings. The Hall–Kier alpha value is -3.73. The predicted octanol–water partition coefficient (Wildman–Crippen LogP) is 2.19. The maximum Gasteiger partial charge on any atom is 0.303 e. The third-order valence-corrected chi connectivity index (χ3v) is 4.93. The highest BCUT2D eigenvalue weighted by molar-refractivity contribution is 6.13. The number of carbonyl (C=O) groups excluding carboxylic acids is 1. The fraction of sp³-hybridized carbons (Fsp3) is 0.409. The fourth-order valence-corrected chi connectivity index (χ4v) is 3.29. The topological polar surface area (TPSA) is 147 Å². The fourth-order valence-electron chi connectivity index (χ4n) is 3.29. The van der Waals surface area contributed by atoms with Crippen LogP contribution < -0.4 is 25.4 Å². The molecule has 11 nitrogen and oxygen atoms in total. The molecule has 3 rings (SSSR count). The summed E-state index contributed by atoms with van der Waals surface area (Å²) in [6, 6.07) is 5.13. The number of benzene rings is 1. The summed E-state index contributed by atoms with van der Waals surface area (Å²) in [5.41, 5.74) is 1.22. The molecule has 1 aliphatic heterocycles. The smallest absolute Gasteiger partial charge is 0.303 e. The lowest BCUT2D eigenvalue weighted by Gasteiger charge is -2.12. The number of carbonyl (C=O) groups is 2. The zero-order valence-corrected chi connectivity index (χ0v) is 18.6. The summed E-state index contributed by atoms with van der Waals surface area (Å²) in [6.45, 7) is 1.79. The number of nitrogens with one attached hydrogen (secondary N) is 3. The van der Waals surface area contributed by atoms with Gasteiger partial charge in [0.25, 0.3) is 0 Å². The summed E-state index contributed by atoms with van der Waals surface area (Å²) < 4.78 is 11.0. The molecular weight excluding hydrogens is 428 g/mol. The maximum atomic E-state index is 12.6. The number of methoxy groups -OCH3 is 1. The van der Waals surface area contributed by atoms with Crippen LogP contribution in [0.5, 0.6) is 11.5 Å². The van der Waals surface area contributed by atoms with Gasteiger partial charge in [-0.05, 0) is 38.6 Å². The minimum Gasteiger partial charge on any atom is -0.493 e. The summed E-state index contributed by atoms with van der Waals surface area (Å²) in [5, 5.41) is 17.9. The van der Waals surface area contributed by atoms with E-state index in [1.165, 1.54) is 13.4 Å². The molecule has 0 spiro atoms. The van der Waals surface area contributed by atoms with Gasteiger partial charge in [0, 0.05) is 25.2 Å². The minimum absolute atomic E-state index is 0.0176. The Morgan fingerprint density at radius 2 is 2.12 bits per heavy atom. The van der Waals surface area contributed by atoms with Gasteiger partial charge in [0.1, 0.15) is 23.9 Å². The van der Waals surface area contributed by atoms with E-state index in [1.54, 1.807) is 24.4 Å². The molecule has 4 N–H and O–H groups in total. The SMILES string of the molecule is CNCCCNc1ncnc2c1C(C=Nc1ccc(OC)c(OCCCC(=O)O)c1)C(=O)N2. The molecule has 176 valence electrons. The molecule has 0 radical (unpaired) electrons. The molecule has 1 amide bonds. The summed E-state index contributed by atoms with van der Waals surface area (Å²) in [5.74, 6) is 0.279. The first-order valence-corrected chi connectivity index (χ1v) is 10.6. The molecule has 0 saturated carbocycles. The number of fused-ring (bicyclic) bond motifs is 1. The molecule has 1 unspecified atom stereocenters. The normalized spacial score (nSPS) is 14.7. The van der Waals surface area contributed by atoms with Crippen LogP contribution in [0.3, 0.4) is 0 Å². The van der Waals surface area contributed by atoms with E-state index in [4.69, 9.17) is 14.6 Å². The molecule has 1 aliphatic rings. The average molecular weight is 457 g/mol. The lowest BCUT2D eigenvalue weighted by Crippen LogP contribution is -2.16. The van der Waals surface area contributed by atoms with Crippen molar-refractivity contribution in [3.05, 3.63) is 30.1 Å². The zero-order valence-electron chi connectivity index (χ0n) is 18.6. The van der Waals surface area contributed by atoms with Crippen molar-refractivity contribution >= 4 is 35.4 Å². The highest BCUT2D eigenvalue weighted by Gasteiger charge is 2.33. The van der Waals surface area contributed by atoms with Gasteiger partial charge in [-0.1, -0.05) is 0 Å². The molecule has 1 atom stereocenters. The van der Waals surface area contributed by atoms with Gasteiger partial charge in [-0.2, -0.15) is 0 Å². The molecule has 0 saturated heterocycles. The van der Waals surface area contributed by atoms with Gasteiger partial charge in [-0.3, -0.25) is 14.6 Å². The van der Waals surface area contributed by atoms with E-state index in [-0.39, 0.29) is 18.9 Å². The van der Waals surface area contributed by atoms with Crippen molar-refractivity contribution in [1.82, 2.24) is 15.3 Å². The van der Waals surface area contributed by atoms with Gasteiger partial charge in [-0.15, -0.1) is 0 Å². The standard InChI is InChI=1S/C22H28N6O5/c1-23-8-4-9-24-20-19-15(22(31)28-21(19)27-13-26-20)12-25-14-6-7-16(32-2)17(11-14)33-10-3-5-18(29)30/h6-7,11-13,15,23H,3-5,8-10H2,1-2H3,(H,29,30)(H2,24,26,27,28,31). The summed E-state index contributed by atoms with van der Waals surface area (Å²) >= 11 is 0. The molecular formula is C22H28N6O5. The van der Waals surface area contributed by atoms with Crippen LogP contribution in [0.2, 0.25) is 0 Å². The van der Waals surface area contributed by atoms with E-state index < -0.39 is 11.9 Å². The zero-order chi connectivity index (χ0) is 23.6. The number of nitrogens with zero attached hydrogens (tertiary/aromatic N) is 3. The van der Waals surface area contributed by atoms with Crippen LogP contribution >= 0.6 is 0 Å². The second-order valence-corrected chi connectivity index (χ2v) is 7.29. The second kappa shape index (κ2) is 11.8. The Labute approximate surface area is 191 Å². The van der Waals surface area contributed by atoms with Crippen LogP contribution in [-0.2, 0) is 9.59 Å². The van der Waals surface area contributed by atoms with Crippen LogP contribution in [-0.4, -0.2) is 67.0 Å². The highest BCUT2D eigenvalue weighted by atomic mass is 16.5. The molecule has 0 bridgehead atoms. The number of amides is 1. The number of carboxylic acids is 1. The lowest BCUT2D eigenvalue weighted by atomic mass is 10.0. The lowest BCUT2D eigenvalue weighted by molar-refractivity contribution is -0.137. The van der Waals surface area contributed by atoms with Crippen LogP contribution in [0.1, 0.15) is 30.7 Å². The van der Waals surface area contributed by atoms with Gasteiger partial charge in [0.2, 0.25) is 5.91 Å². The van der Waals surface area contributed by atoms with Gasteiger partial charge in [0.05, 0.1) is 25.0 Å². The highest BCUT2D eigenvalue weighted by Crippen LogP contribution is 2.36. The largest absolute Gasteiger partial charge is 0.493 e. The molecule has 2 heterocycles. The number of hydrogen-bond donors (Lipinski definition) is 4. The maximum absolute atomic E-state index is 12.6.